The van der Waals surface area contributed by atoms with E-state index >= 15 is 0 Å². The highest BCUT2D eigenvalue weighted by atomic mass is 19.4. The maximum atomic E-state index is 12.8. The number of rotatable bonds is 6. The maximum Gasteiger partial charge on any atom is 0.423 e. The second-order valence-corrected chi connectivity index (χ2v) is 4.08. The van der Waals surface area contributed by atoms with Crippen LogP contribution in [0.1, 0.15) is 12.8 Å². The standard InChI is InChI=1S/C8H5F13O/c9-3(10,1-2-4(11,12)13)5(14,15)6(16,17)7(18,19)8(20,21)22/h22H,1-2H2. The molecule has 1 N–H and O–H groups in total. The molecular weight excluding hydrogens is 359 g/mol. The second kappa shape index (κ2) is 5.30. The van der Waals surface area contributed by atoms with Crippen molar-refractivity contribution >= 4 is 0 Å². The molecule has 22 heavy (non-hydrogen) atoms. The summed E-state index contributed by atoms with van der Waals surface area (Å²) < 4.78 is 160. The zero-order chi connectivity index (χ0) is 18.4. The van der Waals surface area contributed by atoms with E-state index in [0.29, 0.717) is 0 Å². The number of hydrogen-bond acceptors (Lipinski definition) is 1. The summed E-state index contributed by atoms with van der Waals surface area (Å²) >= 11 is 0. The molecule has 0 aliphatic rings. The topological polar surface area (TPSA) is 20.2 Å². The van der Waals surface area contributed by atoms with Gasteiger partial charge in [0.1, 0.15) is 0 Å². The molecule has 1 nitrogen and oxygen atoms in total. The van der Waals surface area contributed by atoms with E-state index in [9.17, 15) is 57.1 Å². The molecular formula is C8H5F13O. The zero-order valence-corrected chi connectivity index (χ0v) is 9.77. The summed E-state index contributed by atoms with van der Waals surface area (Å²) in [5, 5.41) is 7.45. The van der Waals surface area contributed by atoms with E-state index in [1.165, 1.54) is 0 Å². The smallest absolute Gasteiger partial charge is 0.331 e. The van der Waals surface area contributed by atoms with Crippen molar-refractivity contribution in [1.82, 2.24) is 0 Å². The van der Waals surface area contributed by atoms with Crippen LogP contribution < -0.4 is 0 Å². The first-order chi connectivity index (χ1) is 9.21. The van der Waals surface area contributed by atoms with Gasteiger partial charge in [-0.15, -0.1) is 0 Å². The predicted octanol–water partition coefficient (Wildman–Crippen LogP) is 4.46. The molecule has 0 atom stereocenters. The molecule has 0 aromatic carbocycles. The van der Waals surface area contributed by atoms with Crippen molar-refractivity contribution in [2.24, 2.45) is 0 Å². The Balaban J connectivity index is 5.69. The Morgan fingerprint density at radius 3 is 1.14 bits per heavy atom. The maximum absolute atomic E-state index is 12.8. The molecule has 0 saturated heterocycles. The van der Waals surface area contributed by atoms with E-state index in [-0.39, 0.29) is 0 Å². The Hall–Kier alpha value is -0.950. The number of hydrogen-bond donors (Lipinski definition) is 1. The first-order valence-corrected chi connectivity index (χ1v) is 4.89. The molecule has 0 rings (SSSR count). The number of alkyl halides is 13. The van der Waals surface area contributed by atoms with Gasteiger partial charge in [0.15, 0.2) is 0 Å². The van der Waals surface area contributed by atoms with E-state index in [1.54, 1.807) is 0 Å². The Morgan fingerprint density at radius 1 is 0.500 bits per heavy atom. The lowest BCUT2D eigenvalue weighted by atomic mass is 9.95. The van der Waals surface area contributed by atoms with Gasteiger partial charge in [0, 0.05) is 12.8 Å². The van der Waals surface area contributed by atoms with E-state index < -0.39 is 48.8 Å². The number of halogens is 13. The van der Waals surface area contributed by atoms with Gasteiger partial charge in [-0.05, 0) is 0 Å². The molecule has 0 aromatic rings. The average Bonchev–Trinajstić information content (AvgIpc) is 2.23. The summed E-state index contributed by atoms with van der Waals surface area (Å²) in [5.41, 5.74) is 0. The first kappa shape index (κ1) is 21.0. The Kier molecular flexibility index (Phi) is 5.07. The SMILES string of the molecule is OC(F)(F)C(F)(F)C(F)(F)C(F)(F)C(F)(F)CCC(F)(F)F. The summed E-state index contributed by atoms with van der Waals surface area (Å²) in [6.07, 6.45) is -18.2. The molecule has 0 saturated carbocycles. The molecule has 0 radical (unpaired) electrons. The van der Waals surface area contributed by atoms with E-state index in [2.05, 4.69) is 0 Å². The fourth-order valence-corrected chi connectivity index (χ4v) is 1.07. The lowest BCUT2D eigenvalue weighted by molar-refractivity contribution is -0.438. The third kappa shape index (κ3) is 3.51. The van der Waals surface area contributed by atoms with Gasteiger partial charge in [0.25, 0.3) is 0 Å². The van der Waals surface area contributed by atoms with Crippen molar-refractivity contribution in [1.29, 1.82) is 0 Å². The molecule has 0 amide bonds. The Morgan fingerprint density at radius 2 is 0.864 bits per heavy atom. The van der Waals surface area contributed by atoms with Crippen LogP contribution in [0.5, 0.6) is 0 Å². The van der Waals surface area contributed by atoms with Crippen LogP contribution in [0.2, 0.25) is 0 Å². The third-order valence-corrected chi connectivity index (χ3v) is 2.35. The van der Waals surface area contributed by atoms with E-state index in [4.69, 9.17) is 5.11 Å². The quantitative estimate of drug-likeness (QED) is 0.691. The average molecular weight is 364 g/mol. The molecule has 0 spiro atoms. The van der Waals surface area contributed by atoms with Gasteiger partial charge in [-0.3, -0.25) is 0 Å². The van der Waals surface area contributed by atoms with Gasteiger partial charge < -0.3 is 5.11 Å². The lowest BCUT2D eigenvalue weighted by Crippen LogP contribution is -2.67. The van der Waals surface area contributed by atoms with Gasteiger partial charge in [0.05, 0.1) is 0 Å². The van der Waals surface area contributed by atoms with Crippen molar-refractivity contribution < 1.29 is 62.2 Å². The molecule has 134 valence electrons. The molecule has 0 unspecified atom stereocenters. The van der Waals surface area contributed by atoms with Crippen molar-refractivity contribution in [2.75, 3.05) is 0 Å². The minimum atomic E-state index is -7.55. The van der Waals surface area contributed by atoms with Crippen molar-refractivity contribution in [3.05, 3.63) is 0 Å². The molecule has 0 bridgehead atoms. The predicted molar refractivity (Wildman–Crippen MR) is 42.2 cm³/mol. The summed E-state index contributed by atoms with van der Waals surface area (Å²) in [5.74, 6) is -28.6. The summed E-state index contributed by atoms with van der Waals surface area (Å²) in [6.45, 7) is 0. The first-order valence-electron chi connectivity index (χ1n) is 4.89. The highest BCUT2D eigenvalue weighted by Gasteiger charge is 2.86. The van der Waals surface area contributed by atoms with E-state index in [1.807, 2.05) is 0 Å². The molecule has 14 heteroatoms. The van der Waals surface area contributed by atoms with Crippen LogP contribution in [0.3, 0.4) is 0 Å². The minimum absolute atomic E-state index is 2.77. The minimum Gasteiger partial charge on any atom is -0.331 e. The van der Waals surface area contributed by atoms with Gasteiger partial charge in [-0.25, -0.2) is 0 Å². The molecule has 0 heterocycles. The van der Waals surface area contributed by atoms with Crippen LogP contribution in [0.15, 0.2) is 0 Å². The molecule has 0 aliphatic heterocycles. The largest absolute Gasteiger partial charge is 0.423 e. The van der Waals surface area contributed by atoms with Gasteiger partial charge in [-0.2, -0.15) is 57.1 Å². The highest BCUT2D eigenvalue weighted by Crippen LogP contribution is 2.57. The molecule has 0 fully saturated rings. The summed E-state index contributed by atoms with van der Waals surface area (Å²) in [4.78, 5) is 0. The fourth-order valence-electron chi connectivity index (χ4n) is 1.07. The van der Waals surface area contributed by atoms with Crippen molar-refractivity contribution in [3.8, 4) is 0 Å². The monoisotopic (exact) mass is 364 g/mol. The number of aliphatic hydroxyl groups is 1. The van der Waals surface area contributed by atoms with Crippen LogP contribution in [0.25, 0.3) is 0 Å². The summed E-state index contributed by atoms with van der Waals surface area (Å²) in [6, 6.07) is 0. The van der Waals surface area contributed by atoms with Crippen molar-refractivity contribution in [2.45, 2.75) is 48.8 Å². The normalized spacial score (nSPS) is 16.1. The third-order valence-electron chi connectivity index (χ3n) is 2.35. The highest BCUT2D eigenvalue weighted by molar-refractivity contribution is 5.06. The van der Waals surface area contributed by atoms with Crippen LogP contribution in [0, 0.1) is 0 Å². The molecule has 0 aliphatic carbocycles. The van der Waals surface area contributed by atoms with Crippen LogP contribution in [-0.4, -0.2) is 41.1 Å². The van der Waals surface area contributed by atoms with Gasteiger partial charge in [0.2, 0.25) is 0 Å². The van der Waals surface area contributed by atoms with Crippen LogP contribution in [-0.2, 0) is 0 Å². The summed E-state index contributed by atoms with van der Waals surface area (Å²) in [7, 11) is 0. The lowest BCUT2D eigenvalue weighted by Gasteiger charge is -2.37. The van der Waals surface area contributed by atoms with Gasteiger partial charge >= 0.3 is 36.0 Å². The fraction of sp³-hybridized carbons (Fsp3) is 1.00. The van der Waals surface area contributed by atoms with Crippen LogP contribution in [0.4, 0.5) is 57.1 Å². The second-order valence-electron chi connectivity index (χ2n) is 4.08. The van der Waals surface area contributed by atoms with Crippen LogP contribution >= 0.6 is 0 Å². The Labute approximate surface area is 112 Å². The zero-order valence-electron chi connectivity index (χ0n) is 9.77. The molecule has 0 aromatic heterocycles. The van der Waals surface area contributed by atoms with Gasteiger partial charge in [-0.1, -0.05) is 0 Å². The Bertz CT molecular complexity index is 390. The van der Waals surface area contributed by atoms with Crippen molar-refractivity contribution in [3.63, 3.8) is 0 Å². The van der Waals surface area contributed by atoms with E-state index in [0.717, 1.165) is 0 Å².